The number of hydrogen-bond donors (Lipinski definition) is 2. The largest absolute Gasteiger partial charge is 0.508 e. The summed E-state index contributed by atoms with van der Waals surface area (Å²) in [4.78, 5) is 4.21. The van der Waals surface area contributed by atoms with Crippen LogP contribution in [0.3, 0.4) is 0 Å². The maximum atomic E-state index is 9.19. The highest BCUT2D eigenvalue weighted by atomic mass is 35.5. The molecule has 2 aromatic rings. The molecule has 0 saturated heterocycles. The Morgan fingerprint density at radius 1 is 1.19 bits per heavy atom. The molecule has 82 valence electrons. The molecule has 0 fully saturated rings. The second-order valence-electron chi connectivity index (χ2n) is 3.43. The Morgan fingerprint density at radius 2 is 1.88 bits per heavy atom. The van der Waals surface area contributed by atoms with Crippen LogP contribution in [0.25, 0.3) is 11.3 Å². The molecule has 0 aliphatic carbocycles. The number of nitrogens with zero attached hydrogens (tertiary/aromatic N) is 1. The highest BCUT2D eigenvalue weighted by Crippen LogP contribution is 2.23. The first-order valence-corrected chi connectivity index (χ1v) is 5.23. The first-order valence-electron chi connectivity index (χ1n) is 4.85. The number of phenolic OH excluding ortho intramolecular Hbond substituents is 1. The van der Waals surface area contributed by atoms with Gasteiger partial charge in [-0.25, -0.2) is 4.98 Å². The second kappa shape index (κ2) is 4.51. The molecule has 1 aromatic carbocycles. The third-order valence-corrected chi connectivity index (χ3v) is 2.45. The van der Waals surface area contributed by atoms with Crippen molar-refractivity contribution in [3.63, 3.8) is 0 Å². The van der Waals surface area contributed by atoms with Crippen LogP contribution in [0.5, 0.6) is 5.75 Å². The Morgan fingerprint density at radius 3 is 2.50 bits per heavy atom. The molecule has 0 aliphatic rings. The van der Waals surface area contributed by atoms with Gasteiger partial charge in [-0.05, 0) is 42.0 Å². The van der Waals surface area contributed by atoms with E-state index in [2.05, 4.69) is 4.98 Å². The lowest BCUT2D eigenvalue weighted by molar-refractivity contribution is 0.475. The molecule has 3 N–H and O–H groups in total. The topological polar surface area (TPSA) is 59.1 Å². The Kier molecular flexibility index (Phi) is 3.08. The van der Waals surface area contributed by atoms with Crippen LogP contribution in [0.4, 0.5) is 0 Å². The van der Waals surface area contributed by atoms with Crippen LogP contribution in [-0.2, 0) is 6.54 Å². The summed E-state index contributed by atoms with van der Waals surface area (Å²) in [6, 6.07) is 10.4. The molecule has 0 bridgehead atoms. The van der Waals surface area contributed by atoms with Crippen molar-refractivity contribution in [3.05, 3.63) is 47.1 Å². The van der Waals surface area contributed by atoms with Crippen molar-refractivity contribution >= 4 is 11.6 Å². The predicted molar refractivity (Wildman–Crippen MR) is 64.2 cm³/mol. The number of rotatable bonds is 2. The molecule has 0 aliphatic heterocycles. The summed E-state index contributed by atoms with van der Waals surface area (Å²) in [7, 11) is 0. The number of nitrogens with two attached hydrogens (primary N) is 1. The van der Waals surface area contributed by atoms with Crippen molar-refractivity contribution in [3.8, 4) is 17.0 Å². The number of benzene rings is 1. The lowest BCUT2D eigenvalue weighted by Crippen LogP contribution is -1.97. The van der Waals surface area contributed by atoms with Crippen LogP contribution in [0, 0.1) is 0 Å². The minimum absolute atomic E-state index is 0.227. The van der Waals surface area contributed by atoms with Gasteiger partial charge in [0.25, 0.3) is 0 Å². The molecule has 0 spiro atoms. The number of hydrogen-bond acceptors (Lipinski definition) is 3. The summed E-state index contributed by atoms with van der Waals surface area (Å²) in [5, 5.41) is 9.61. The van der Waals surface area contributed by atoms with Crippen molar-refractivity contribution in [2.75, 3.05) is 0 Å². The van der Waals surface area contributed by atoms with Crippen LogP contribution in [0.1, 0.15) is 5.56 Å². The van der Waals surface area contributed by atoms with E-state index in [-0.39, 0.29) is 5.75 Å². The minimum atomic E-state index is 0.227. The van der Waals surface area contributed by atoms with Crippen molar-refractivity contribution in [2.24, 2.45) is 5.73 Å². The standard InChI is InChI=1S/C12H11ClN2O/c13-12-6-8(7-14)5-11(15-12)9-1-3-10(16)4-2-9/h1-6,16H,7,14H2. The summed E-state index contributed by atoms with van der Waals surface area (Å²) in [5.74, 6) is 0.227. The number of phenols is 1. The van der Waals surface area contributed by atoms with Gasteiger partial charge >= 0.3 is 0 Å². The summed E-state index contributed by atoms with van der Waals surface area (Å²) in [5.41, 5.74) is 8.15. The van der Waals surface area contributed by atoms with Gasteiger partial charge in [0.05, 0.1) is 5.69 Å². The fourth-order valence-electron chi connectivity index (χ4n) is 1.45. The van der Waals surface area contributed by atoms with Gasteiger partial charge in [-0.1, -0.05) is 11.6 Å². The zero-order valence-electron chi connectivity index (χ0n) is 8.52. The van der Waals surface area contributed by atoms with Crippen LogP contribution in [0.2, 0.25) is 5.15 Å². The fourth-order valence-corrected chi connectivity index (χ4v) is 1.68. The second-order valence-corrected chi connectivity index (χ2v) is 3.82. The van der Waals surface area contributed by atoms with E-state index in [1.165, 1.54) is 0 Å². The van der Waals surface area contributed by atoms with E-state index in [9.17, 15) is 5.11 Å². The van der Waals surface area contributed by atoms with Gasteiger partial charge in [0, 0.05) is 12.1 Å². The first-order chi connectivity index (χ1) is 7.69. The van der Waals surface area contributed by atoms with Crippen molar-refractivity contribution in [1.29, 1.82) is 0 Å². The van der Waals surface area contributed by atoms with Gasteiger partial charge in [-0.2, -0.15) is 0 Å². The van der Waals surface area contributed by atoms with Gasteiger partial charge in [0.2, 0.25) is 0 Å². The number of aromatic nitrogens is 1. The Labute approximate surface area is 98.5 Å². The van der Waals surface area contributed by atoms with Crippen molar-refractivity contribution in [2.45, 2.75) is 6.54 Å². The third kappa shape index (κ3) is 2.32. The molecule has 0 radical (unpaired) electrons. The molecule has 0 atom stereocenters. The van der Waals surface area contributed by atoms with Gasteiger partial charge in [-0.15, -0.1) is 0 Å². The summed E-state index contributed by atoms with van der Waals surface area (Å²) >= 11 is 5.89. The molecule has 0 saturated carbocycles. The highest BCUT2D eigenvalue weighted by Gasteiger charge is 2.03. The lowest BCUT2D eigenvalue weighted by Gasteiger charge is -2.04. The number of aromatic hydroxyl groups is 1. The monoisotopic (exact) mass is 234 g/mol. The van der Waals surface area contributed by atoms with Gasteiger partial charge < -0.3 is 10.8 Å². The van der Waals surface area contributed by atoms with Crippen molar-refractivity contribution < 1.29 is 5.11 Å². The molecule has 16 heavy (non-hydrogen) atoms. The minimum Gasteiger partial charge on any atom is -0.508 e. The van der Waals surface area contributed by atoms with Crippen LogP contribution < -0.4 is 5.73 Å². The third-order valence-electron chi connectivity index (χ3n) is 2.25. The molecule has 3 nitrogen and oxygen atoms in total. The van der Waals surface area contributed by atoms with E-state index in [1.54, 1.807) is 30.3 Å². The number of halogens is 1. The predicted octanol–water partition coefficient (Wildman–Crippen LogP) is 2.57. The van der Waals surface area contributed by atoms with Crippen LogP contribution in [0.15, 0.2) is 36.4 Å². The molecule has 1 aromatic heterocycles. The van der Waals surface area contributed by atoms with Crippen molar-refractivity contribution in [1.82, 2.24) is 4.98 Å². The average Bonchev–Trinajstić information content (AvgIpc) is 2.29. The average molecular weight is 235 g/mol. The zero-order valence-corrected chi connectivity index (χ0v) is 9.28. The highest BCUT2D eigenvalue weighted by molar-refractivity contribution is 6.29. The van der Waals surface area contributed by atoms with E-state index in [4.69, 9.17) is 17.3 Å². The van der Waals surface area contributed by atoms with Gasteiger partial charge in [-0.3, -0.25) is 0 Å². The maximum absolute atomic E-state index is 9.19. The van der Waals surface area contributed by atoms with E-state index < -0.39 is 0 Å². The smallest absolute Gasteiger partial charge is 0.130 e. The van der Waals surface area contributed by atoms with E-state index in [1.807, 2.05) is 6.07 Å². The molecule has 1 heterocycles. The zero-order chi connectivity index (χ0) is 11.5. The molecule has 4 heteroatoms. The van der Waals surface area contributed by atoms with E-state index in [0.29, 0.717) is 11.7 Å². The molecular formula is C12H11ClN2O. The van der Waals surface area contributed by atoms with Gasteiger partial charge in [0.15, 0.2) is 0 Å². The summed E-state index contributed by atoms with van der Waals surface area (Å²) in [6.07, 6.45) is 0. The van der Waals surface area contributed by atoms with E-state index in [0.717, 1.165) is 16.8 Å². The first kappa shape index (κ1) is 10.9. The Balaban J connectivity index is 2.47. The van der Waals surface area contributed by atoms with E-state index >= 15 is 0 Å². The maximum Gasteiger partial charge on any atom is 0.130 e. The Bertz CT molecular complexity index is 497. The lowest BCUT2D eigenvalue weighted by atomic mass is 10.1. The SMILES string of the molecule is NCc1cc(Cl)nc(-c2ccc(O)cc2)c1. The summed E-state index contributed by atoms with van der Waals surface area (Å²) < 4.78 is 0. The van der Waals surface area contributed by atoms with Gasteiger partial charge in [0.1, 0.15) is 10.9 Å². The van der Waals surface area contributed by atoms with Crippen LogP contribution in [-0.4, -0.2) is 10.1 Å². The molecular weight excluding hydrogens is 224 g/mol. The Hall–Kier alpha value is -1.58. The normalized spacial score (nSPS) is 10.4. The molecule has 0 amide bonds. The summed E-state index contributed by atoms with van der Waals surface area (Å²) in [6.45, 7) is 0.424. The quantitative estimate of drug-likeness (QED) is 0.786. The number of pyridine rings is 1. The molecule has 2 rings (SSSR count). The fraction of sp³-hybridized carbons (Fsp3) is 0.0833. The molecule has 0 unspecified atom stereocenters. The van der Waals surface area contributed by atoms with Crippen LogP contribution >= 0.6 is 11.6 Å².